The molecule has 1 unspecified atom stereocenters. The molecule has 0 bridgehead atoms. The summed E-state index contributed by atoms with van der Waals surface area (Å²) in [6.45, 7) is 3.49. The number of nitrogens with one attached hydrogen (secondary N) is 1. The number of piperidine rings is 1. The summed E-state index contributed by atoms with van der Waals surface area (Å²) in [5.41, 5.74) is 5.49. The number of hydrogen-bond acceptors (Lipinski definition) is 6. The maximum Gasteiger partial charge on any atom is 0.243 e. The monoisotopic (exact) mass is 399 g/mol. The molecule has 1 amide bonds. The van der Waals surface area contributed by atoms with Gasteiger partial charge in [-0.25, -0.2) is 8.42 Å². The van der Waals surface area contributed by atoms with Crippen LogP contribution in [-0.4, -0.2) is 59.0 Å². The lowest BCUT2D eigenvalue weighted by Crippen LogP contribution is -2.42. The van der Waals surface area contributed by atoms with Gasteiger partial charge < -0.3 is 20.5 Å². The van der Waals surface area contributed by atoms with E-state index in [-0.39, 0.29) is 22.6 Å². The van der Waals surface area contributed by atoms with Crippen molar-refractivity contribution in [1.29, 1.82) is 0 Å². The zero-order valence-electron chi connectivity index (χ0n) is 16.1. The van der Waals surface area contributed by atoms with Gasteiger partial charge in [-0.1, -0.05) is 6.92 Å². The summed E-state index contributed by atoms with van der Waals surface area (Å²) in [4.78, 5) is 12.0. The maximum absolute atomic E-state index is 12.9. The minimum atomic E-state index is -3.60. The maximum atomic E-state index is 12.9. The fourth-order valence-electron chi connectivity index (χ4n) is 3.01. The van der Waals surface area contributed by atoms with Crippen molar-refractivity contribution in [3.63, 3.8) is 0 Å². The van der Waals surface area contributed by atoms with Crippen molar-refractivity contribution in [3.05, 3.63) is 18.2 Å². The highest BCUT2D eigenvalue weighted by Gasteiger charge is 2.30. The third-order valence-corrected chi connectivity index (χ3v) is 6.83. The number of nitrogens with two attached hydrogens (primary N) is 1. The Balaban J connectivity index is 1.97. The van der Waals surface area contributed by atoms with Crippen LogP contribution in [0.3, 0.4) is 0 Å². The molecule has 0 spiro atoms. The van der Waals surface area contributed by atoms with E-state index in [0.29, 0.717) is 50.5 Å². The summed E-state index contributed by atoms with van der Waals surface area (Å²) in [6, 6.07) is 4.60. The average Bonchev–Trinajstić information content (AvgIpc) is 2.70. The highest BCUT2D eigenvalue weighted by molar-refractivity contribution is 7.89. The Morgan fingerprint density at radius 3 is 2.44 bits per heavy atom. The van der Waals surface area contributed by atoms with E-state index in [4.69, 9.17) is 15.2 Å². The molecule has 1 aliphatic rings. The first kappa shape index (κ1) is 21.5. The fourth-order valence-corrected chi connectivity index (χ4v) is 4.49. The van der Waals surface area contributed by atoms with Gasteiger partial charge in [0.05, 0.1) is 19.1 Å². The summed E-state index contributed by atoms with van der Waals surface area (Å²) in [7, 11) is -0.622. The summed E-state index contributed by atoms with van der Waals surface area (Å²) in [5.74, 6) is 0.854. The number of nitrogens with zero attached hydrogens (tertiary/aromatic N) is 1. The molecular formula is C18H29N3O5S. The minimum Gasteiger partial charge on any atom is -0.493 e. The molecule has 1 heterocycles. The Morgan fingerprint density at radius 1 is 1.26 bits per heavy atom. The molecule has 27 heavy (non-hydrogen) atoms. The fraction of sp³-hybridized carbons (Fsp3) is 0.611. The van der Waals surface area contributed by atoms with Gasteiger partial charge in [-0.2, -0.15) is 4.31 Å². The quantitative estimate of drug-likeness (QED) is 0.669. The van der Waals surface area contributed by atoms with Crippen molar-refractivity contribution in [2.75, 3.05) is 40.4 Å². The zero-order valence-corrected chi connectivity index (χ0v) is 16.9. The minimum absolute atomic E-state index is 0.0575. The topological polar surface area (TPSA) is 111 Å². The number of methoxy groups -OCH3 is 2. The van der Waals surface area contributed by atoms with Crippen LogP contribution in [0.5, 0.6) is 11.5 Å². The van der Waals surface area contributed by atoms with Crippen LogP contribution in [0.2, 0.25) is 0 Å². The van der Waals surface area contributed by atoms with Gasteiger partial charge in [0.2, 0.25) is 15.9 Å². The number of amides is 1. The van der Waals surface area contributed by atoms with Gasteiger partial charge in [0, 0.05) is 38.2 Å². The molecule has 0 saturated carbocycles. The van der Waals surface area contributed by atoms with E-state index in [9.17, 15) is 13.2 Å². The molecule has 1 atom stereocenters. The summed E-state index contributed by atoms with van der Waals surface area (Å²) in [5, 5.41) is 2.90. The number of ether oxygens (including phenoxy) is 2. The molecule has 0 radical (unpaired) electrons. The predicted molar refractivity (Wildman–Crippen MR) is 102 cm³/mol. The second-order valence-corrected chi connectivity index (χ2v) is 8.68. The molecule has 1 fully saturated rings. The van der Waals surface area contributed by atoms with Crippen LogP contribution in [0.1, 0.15) is 19.8 Å². The molecule has 9 heteroatoms. The highest BCUT2D eigenvalue weighted by Crippen LogP contribution is 2.31. The van der Waals surface area contributed by atoms with Gasteiger partial charge in [0.1, 0.15) is 0 Å². The van der Waals surface area contributed by atoms with Crippen LogP contribution >= 0.6 is 0 Å². The van der Waals surface area contributed by atoms with E-state index in [1.165, 1.54) is 30.7 Å². The van der Waals surface area contributed by atoms with E-state index in [1.807, 2.05) is 0 Å². The van der Waals surface area contributed by atoms with E-state index in [2.05, 4.69) is 5.32 Å². The summed E-state index contributed by atoms with van der Waals surface area (Å²) >= 11 is 0. The van der Waals surface area contributed by atoms with Gasteiger partial charge in [0.25, 0.3) is 0 Å². The van der Waals surface area contributed by atoms with Crippen LogP contribution in [-0.2, 0) is 14.8 Å². The Kier molecular flexibility index (Phi) is 7.46. The largest absolute Gasteiger partial charge is 0.493 e. The standard InChI is InChI=1S/C18H29N3O5S/c1-13(11-19)18(22)20-12-14-6-8-21(9-7-14)27(23,24)15-4-5-16(25-2)17(10-15)26-3/h4-5,10,13-14H,6-9,11-12,19H2,1-3H3,(H,20,22). The van der Waals surface area contributed by atoms with E-state index in [1.54, 1.807) is 13.0 Å². The van der Waals surface area contributed by atoms with Crippen LogP contribution in [0.25, 0.3) is 0 Å². The van der Waals surface area contributed by atoms with Crippen molar-refractivity contribution in [2.24, 2.45) is 17.6 Å². The van der Waals surface area contributed by atoms with Gasteiger partial charge >= 0.3 is 0 Å². The highest BCUT2D eigenvalue weighted by atomic mass is 32.2. The second kappa shape index (κ2) is 9.38. The van der Waals surface area contributed by atoms with Crippen LogP contribution in [0.15, 0.2) is 23.1 Å². The normalized spacial score (nSPS) is 17.3. The van der Waals surface area contributed by atoms with Crippen LogP contribution < -0.4 is 20.5 Å². The molecule has 8 nitrogen and oxygen atoms in total. The lowest BCUT2D eigenvalue weighted by Gasteiger charge is -2.31. The molecule has 1 aromatic carbocycles. The number of carbonyl (C=O) groups is 1. The van der Waals surface area contributed by atoms with Gasteiger partial charge in [-0.15, -0.1) is 0 Å². The van der Waals surface area contributed by atoms with E-state index in [0.717, 1.165) is 0 Å². The molecule has 1 aromatic rings. The predicted octanol–water partition coefficient (Wildman–Crippen LogP) is 0.816. The van der Waals surface area contributed by atoms with Crippen LogP contribution in [0.4, 0.5) is 0 Å². The molecule has 1 aliphatic heterocycles. The van der Waals surface area contributed by atoms with Gasteiger partial charge in [-0.05, 0) is 30.9 Å². The molecular weight excluding hydrogens is 370 g/mol. The SMILES string of the molecule is COc1ccc(S(=O)(=O)N2CCC(CNC(=O)C(C)CN)CC2)cc1OC. The second-order valence-electron chi connectivity index (χ2n) is 6.75. The molecule has 0 aliphatic carbocycles. The number of sulfonamides is 1. The summed E-state index contributed by atoms with van der Waals surface area (Å²) in [6.07, 6.45) is 1.40. The Morgan fingerprint density at radius 2 is 1.89 bits per heavy atom. The average molecular weight is 400 g/mol. The molecule has 1 saturated heterocycles. The number of carbonyl (C=O) groups excluding carboxylic acids is 1. The lowest BCUT2D eigenvalue weighted by molar-refractivity contribution is -0.124. The summed E-state index contributed by atoms with van der Waals surface area (Å²) < 4.78 is 37.6. The van der Waals surface area contributed by atoms with Crippen LogP contribution in [0, 0.1) is 11.8 Å². The smallest absolute Gasteiger partial charge is 0.243 e. The van der Waals surface area contributed by atoms with Gasteiger partial charge in [0.15, 0.2) is 11.5 Å². The third-order valence-electron chi connectivity index (χ3n) is 4.93. The first-order valence-electron chi connectivity index (χ1n) is 9.03. The molecule has 0 aromatic heterocycles. The van der Waals surface area contributed by atoms with Crippen molar-refractivity contribution < 1.29 is 22.7 Å². The Bertz CT molecular complexity index is 745. The lowest BCUT2D eigenvalue weighted by atomic mass is 9.98. The van der Waals surface area contributed by atoms with Gasteiger partial charge in [-0.3, -0.25) is 4.79 Å². The van der Waals surface area contributed by atoms with E-state index >= 15 is 0 Å². The first-order chi connectivity index (χ1) is 12.8. The Labute approximate surface area is 161 Å². The Hall–Kier alpha value is -1.84. The zero-order chi connectivity index (χ0) is 20.0. The van der Waals surface area contributed by atoms with Crippen molar-refractivity contribution in [1.82, 2.24) is 9.62 Å². The van der Waals surface area contributed by atoms with Crippen molar-refractivity contribution in [3.8, 4) is 11.5 Å². The first-order valence-corrected chi connectivity index (χ1v) is 10.5. The third kappa shape index (κ3) is 5.12. The van der Waals surface area contributed by atoms with Crippen molar-refractivity contribution >= 4 is 15.9 Å². The molecule has 3 N–H and O–H groups in total. The van der Waals surface area contributed by atoms with E-state index < -0.39 is 10.0 Å². The molecule has 152 valence electrons. The number of benzene rings is 1. The van der Waals surface area contributed by atoms with Crippen molar-refractivity contribution in [2.45, 2.75) is 24.7 Å². The number of hydrogen-bond donors (Lipinski definition) is 2. The number of rotatable bonds is 8. The molecule has 2 rings (SSSR count).